The number of alkyl halides is 5. The molecule has 2 aliphatic heterocycles. The van der Waals surface area contributed by atoms with Gasteiger partial charge in [-0.1, -0.05) is 6.07 Å². The maximum absolute atomic E-state index is 13.1. The smallest absolute Gasteiger partial charge is 0.395 e. The molecule has 0 aliphatic carbocycles. The van der Waals surface area contributed by atoms with Gasteiger partial charge in [0.15, 0.2) is 11.5 Å². The number of ether oxygens (including phenoxy) is 2. The SMILES string of the molecule is Cl.Cl.FC(F)(F)C[C@@H](c1ccc2c(c1)OC(F)(F)O2)N1CCNCC1. The molecule has 2 heterocycles. The predicted molar refractivity (Wildman–Crippen MR) is 85.0 cm³/mol. The third-order valence-corrected chi connectivity index (χ3v) is 3.83. The van der Waals surface area contributed by atoms with Gasteiger partial charge in [0.2, 0.25) is 0 Å². The van der Waals surface area contributed by atoms with Gasteiger partial charge >= 0.3 is 12.5 Å². The zero-order valence-electron chi connectivity index (χ0n) is 12.8. The van der Waals surface area contributed by atoms with E-state index >= 15 is 0 Å². The maximum atomic E-state index is 13.1. The molecule has 1 atom stereocenters. The first-order valence-corrected chi connectivity index (χ1v) is 7.15. The Bertz CT molecular complexity index is 583. The molecule has 1 saturated heterocycles. The summed E-state index contributed by atoms with van der Waals surface area (Å²) in [5, 5.41) is 3.07. The van der Waals surface area contributed by atoms with Crippen molar-refractivity contribution in [2.75, 3.05) is 26.2 Å². The average molecular weight is 411 g/mol. The molecule has 0 saturated carbocycles. The minimum atomic E-state index is -4.37. The molecule has 0 bridgehead atoms. The molecule has 3 rings (SSSR count). The molecule has 11 heteroatoms. The summed E-state index contributed by atoms with van der Waals surface area (Å²) in [6, 6.07) is 2.86. The van der Waals surface area contributed by atoms with Crippen molar-refractivity contribution >= 4 is 24.8 Å². The van der Waals surface area contributed by atoms with E-state index in [4.69, 9.17) is 0 Å². The van der Waals surface area contributed by atoms with E-state index in [1.807, 2.05) is 0 Å². The number of piperazine rings is 1. The lowest BCUT2D eigenvalue weighted by atomic mass is 10.00. The number of hydrogen-bond donors (Lipinski definition) is 1. The van der Waals surface area contributed by atoms with Gasteiger partial charge in [-0.3, -0.25) is 4.90 Å². The Hall–Kier alpha value is -1.03. The normalized spacial score (nSPS) is 20.4. The van der Waals surface area contributed by atoms with Gasteiger partial charge in [0.25, 0.3) is 0 Å². The summed E-state index contributed by atoms with van der Waals surface area (Å²) in [5.41, 5.74) is 0.282. The lowest BCUT2D eigenvalue weighted by molar-refractivity contribution is -0.286. The first kappa shape index (κ1) is 22.0. The Morgan fingerprint density at radius 2 is 1.68 bits per heavy atom. The van der Waals surface area contributed by atoms with E-state index in [9.17, 15) is 22.0 Å². The number of nitrogens with zero attached hydrogens (tertiary/aromatic N) is 1. The quantitative estimate of drug-likeness (QED) is 0.769. The third-order valence-electron chi connectivity index (χ3n) is 3.83. The van der Waals surface area contributed by atoms with E-state index in [0.717, 1.165) is 0 Å². The molecule has 1 aromatic rings. The third kappa shape index (κ3) is 5.47. The summed E-state index contributed by atoms with van der Waals surface area (Å²) in [7, 11) is 0. The van der Waals surface area contributed by atoms with Gasteiger partial charge < -0.3 is 14.8 Å². The number of nitrogens with one attached hydrogen (secondary N) is 1. The number of fused-ring (bicyclic) bond motifs is 1. The van der Waals surface area contributed by atoms with Gasteiger partial charge in [-0.05, 0) is 17.7 Å². The first-order chi connectivity index (χ1) is 10.7. The highest BCUT2D eigenvalue weighted by molar-refractivity contribution is 5.85. The average Bonchev–Trinajstić information content (AvgIpc) is 2.77. The number of hydrogen-bond acceptors (Lipinski definition) is 4. The molecule has 1 fully saturated rings. The van der Waals surface area contributed by atoms with E-state index < -0.39 is 24.9 Å². The lowest BCUT2D eigenvalue weighted by Gasteiger charge is -2.35. The second kappa shape index (κ2) is 8.11. The predicted octanol–water partition coefficient (Wildman–Crippen LogP) is 3.75. The van der Waals surface area contributed by atoms with Crippen LogP contribution in [0.5, 0.6) is 11.5 Å². The number of benzene rings is 1. The van der Waals surface area contributed by atoms with E-state index in [0.29, 0.717) is 26.2 Å². The van der Waals surface area contributed by atoms with Gasteiger partial charge in [0, 0.05) is 32.2 Å². The fourth-order valence-electron chi connectivity index (χ4n) is 2.84. The fourth-order valence-corrected chi connectivity index (χ4v) is 2.84. The number of halogens is 7. The molecule has 25 heavy (non-hydrogen) atoms. The maximum Gasteiger partial charge on any atom is 0.586 e. The molecule has 1 N–H and O–H groups in total. The summed E-state index contributed by atoms with van der Waals surface area (Å²) in [6.45, 7) is 2.06. The fraction of sp³-hybridized carbons (Fsp3) is 0.571. The van der Waals surface area contributed by atoms with E-state index in [1.165, 1.54) is 18.2 Å². The minimum Gasteiger partial charge on any atom is -0.395 e. The van der Waals surface area contributed by atoms with Gasteiger partial charge in [0.1, 0.15) is 0 Å². The molecular formula is C14H17Cl2F5N2O2. The molecule has 0 unspecified atom stereocenters. The van der Waals surface area contributed by atoms with Crippen LogP contribution in [0.3, 0.4) is 0 Å². The number of rotatable bonds is 3. The Morgan fingerprint density at radius 1 is 1.08 bits per heavy atom. The van der Waals surface area contributed by atoms with Crippen molar-refractivity contribution in [3.63, 3.8) is 0 Å². The van der Waals surface area contributed by atoms with Crippen LogP contribution in [0.4, 0.5) is 22.0 Å². The van der Waals surface area contributed by atoms with Gasteiger partial charge in [-0.2, -0.15) is 13.2 Å². The van der Waals surface area contributed by atoms with Gasteiger partial charge in [-0.25, -0.2) is 0 Å². The summed E-state index contributed by atoms with van der Waals surface area (Å²) in [5.74, 6) is -0.417. The van der Waals surface area contributed by atoms with Crippen LogP contribution >= 0.6 is 24.8 Å². The highest BCUT2D eigenvalue weighted by Crippen LogP contribution is 2.44. The molecule has 0 radical (unpaired) electrons. The van der Waals surface area contributed by atoms with E-state index in [-0.39, 0.29) is 41.9 Å². The standard InChI is InChI=1S/C14H15F5N2O2.2ClH/c15-13(16,17)8-10(21-5-3-20-4-6-21)9-1-2-11-12(7-9)23-14(18,19)22-11;;/h1-2,7,10,20H,3-6,8H2;2*1H/t10-;;/m0../s1. The Kier molecular flexibility index (Phi) is 7.14. The minimum absolute atomic E-state index is 0. The molecule has 0 aromatic heterocycles. The molecule has 0 spiro atoms. The largest absolute Gasteiger partial charge is 0.586 e. The zero-order chi connectivity index (χ0) is 16.7. The van der Waals surface area contributed by atoms with Crippen LogP contribution < -0.4 is 14.8 Å². The van der Waals surface area contributed by atoms with Crippen LogP contribution in [-0.2, 0) is 0 Å². The highest BCUT2D eigenvalue weighted by atomic mass is 35.5. The molecule has 144 valence electrons. The second-order valence-electron chi connectivity index (χ2n) is 5.49. The van der Waals surface area contributed by atoms with E-state index in [2.05, 4.69) is 14.8 Å². The van der Waals surface area contributed by atoms with Crippen molar-refractivity contribution < 1.29 is 31.4 Å². The molecule has 0 amide bonds. The summed E-state index contributed by atoms with van der Waals surface area (Å²) < 4.78 is 73.5. The topological polar surface area (TPSA) is 33.7 Å². The highest BCUT2D eigenvalue weighted by Gasteiger charge is 2.44. The van der Waals surface area contributed by atoms with Crippen molar-refractivity contribution in [1.29, 1.82) is 0 Å². The van der Waals surface area contributed by atoms with Crippen LogP contribution in [0.1, 0.15) is 18.0 Å². The Balaban J connectivity index is 0.00000156. The molecule has 2 aliphatic rings. The monoisotopic (exact) mass is 410 g/mol. The van der Waals surface area contributed by atoms with Crippen LogP contribution in [-0.4, -0.2) is 43.5 Å². The first-order valence-electron chi connectivity index (χ1n) is 7.15. The van der Waals surface area contributed by atoms with Gasteiger partial charge in [-0.15, -0.1) is 33.6 Å². The summed E-state index contributed by atoms with van der Waals surface area (Å²) in [6.07, 6.45) is -9.20. The Morgan fingerprint density at radius 3 is 2.28 bits per heavy atom. The lowest BCUT2D eigenvalue weighted by Crippen LogP contribution is -2.46. The van der Waals surface area contributed by atoms with Gasteiger partial charge in [0.05, 0.1) is 6.42 Å². The van der Waals surface area contributed by atoms with Crippen molar-refractivity contribution in [2.45, 2.75) is 24.9 Å². The van der Waals surface area contributed by atoms with E-state index in [1.54, 1.807) is 4.90 Å². The zero-order valence-corrected chi connectivity index (χ0v) is 14.4. The summed E-state index contributed by atoms with van der Waals surface area (Å²) in [4.78, 5) is 1.69. The summed E-state index contributed by atoms with van der Waals surface area (Å²) >= 11 is 0. The van der Waals surface area contributed by atoms with Crippen molar-refractivity contribution in [2.24, 2.45) is 0 Å². The van der Waals surface area contributed by atoms with Crippen LogP contribution in [0.25, 0.3) is 0 Å². The van der Waals surface area contributed by atoms with Crippen LogP contribution in [0.15, 0.2) is 18.2 Å². The molecular weight excluding hydrogens is 394 g/mol. The van der Waals surface area contributed by atoms with Crippen molar-refractivity contribution in [1.82, 2.24) is 10.2 Å². The molecule has 4 nitrogen and oxygen atoms in total. The van der Waals surface area contributed by atoms with Crippen molar-refractivity contribution in [3.8, 4) is 11.5 Å². The second-order valence-corrected chi connectivity index (χ2v) is 5.49. The molecule has 1 aromatic carbocycles. The van der Waals surface area contributed by atoms with Crippen LogP contribution in [0, 0.1) is 0 Å². The Labute approximate surface area is 153 Å². The van der Waals surface area contributed by atoms with Crippen LogP contribution in [0.2, 0.25) is 0 Å². The van der Waals surface area contributed by atoms with Crippen molar-refractivity contribution in [3.05, 3.63) is 23.8 Å².